The zero-order valence-corrected chi connectivity index (χ0v) is 12.8. The van der Waals surface area contributed by atoms with E-state index in [2.05, 4.69) is 56.0 Å². The van der Waals surface area contributed by atoms with E-state index in [9.17, 15) is 0 Å². The van der Waals surface area contributed by atoms with Crippen LogP contribution in [0, 0.1) is 0 Å². The molecule has 0 fully saturated rings. The minimum atomic E-state index is 0.311. The van der Waals surface area contributed by atoms with Crippen molar-refractivity contribution < 1.29 is 0 Å². The predicted molar refractivity (Wildman–Crippen MR) is 81.0 cm³/mol. The second-order valence-corrected chi connectivity index (χ2v) is 5.79. The summed E-state index contributed by atoms with van der Waals surface area (Å²) in [6.07, 6.45) is 4.01. The highest BCUT2D eigenvalue weighted by molar-refractivity contribution is 9.10. The number of pyridine rings is 1. The SMILES string of the molecule is CCNC(CCc1ccsc1)c1ncccc1Br. The van der Waals surface area contributed by atoms with Gasteiger partial charge in [0.05, 0.1) is 11.7 Å². The molecule has 0 saturated carbocycles. The topological polar surface area (TPSA) is 24.9 Å². The van der Waals surface area contributed by atoms with Crippen LogP contribution in [0.4, 0.5) is 0 Å². The fourth-order valence-electron chi connectivity index (χ4n) is 1.98. The maximum Gasteiger partial charge on any atom is 0.0714 e. The maximum absolute atomic E-state index is 4.49. The van der Waals surface area contributed by atoms with Gasteiger partial charge in [0.1, 0.15) is 0 Å². The third-order valence-electron chi connectivity index (χ3n) is 2.87. The van der Waals surface area contributed by atoms with E-state index in [4.69, 9.17) is 0 Å². The molecule has 1 N–H and O–H groups in total. The Morgan fingerprint density at radius 2 is 2.33 bits per heavy atom. The van der Waals surface area contributed by atoms with E-state index in [-0.39, 0.29) is 0 Å². The molecule has 2 aromatic heterocycles. The summed E-state index contributed by atoms with van der Waals surface area (Å²) >= 11 is 5.34. The van der Waals surface area contributed by atoms with Crippen LogP contribution in [0.15, 0.2) is 39.6 Å². The summed E-state index contributed by atoms with van der Waals surface area (Å²) in [5.74, 6) is 0. The molecule has 1 unspecified atom stereocenters. The third-order valence-corrected chi connectivity index (χ3v) is 4.27. The first kappa shape index (κ1) is 13.7. The minimum Gasteiger partial charge on any atom is -0.309 e. The van der Waals surface area contributed by atoms with Crippen molar-refractivity contribution in [1.29, 1.82) is 0 Å². The maximum atomic E-state index is 4.49. The normalized spacial score (nSPS) is 12.6. The van der Waals surface area contributed by atoms with Gasteiger partial charge in [-0.15, -0.1) is 0 Å². The first-order valence-corrected chi connectivity index (χ1v) is 7.89. The van der Waals surface area contributed by atoms with E-state index < -0.39 is 0 Å². The minimum absolute atomic E-state index is 0.311. The monoisotopic (exact) mass is 324 g/mol. The van der Waals surface area contributed by atoms with Crippen molar-refractivity contribution in [3.8, 4) is 0 Å². The van der Waals surface area contributed by atoms with E-state index >= 15 is 0 Å². The Labute approximate surface area is 121 Å². The van der Waals surface area contributed by atoms with Crippen LogP contribution in [0.3, 0.4) is 0 Å². The molecule has 0 aliphatic carbocycles. The number of nitrogens with one attached hydrogen (secondary N) is 1. The number of hydrogen-bond acceptors (Lipinski definition) is 3. The van der Waals surface area contributed by atoms with E-state index in [0.717, 1.165) is 29.6 Å². The molecule has 1 atom stereocenters. The lowest BCUT2D eigenvalue weighted by Crippen LogP contribution is -2.22. The average molecular weight is 325 g/mol. The quantitative estimate of drug-likeness (QED) is 0.861. The summed E-state index contributed by atoms with van der Waals surface area (Å²) in [7, 11) is 0. The van der Waals surface area contributed by atoms with E-state index in [1.165, 1.54) is 5.56 Å². The number of thiophene rings is 1. The highest BCUT2D eigenvalue weighted by Gasteiger charge is 2.14. The Morgan fingerprint density at radius 3 is 3.00 bits per heavy atom. The molecule has 96 valence electrons. The zero-order valence-electron chi connectivity index (χ0n) is 10.4. The number of hydrogen-bond donors (Lipinski definition) is 1. The van der Waals surface area contributed by atoms with Crippen molar-refractivity contribution in [2.24, 2.45) is 0 Å². The third kappa shape index (κ3) is 3.64. The molecule has 2 heterocycles. The molecule has 0 spiro atoms. The molecular formula is C14H17BrN2S. The van der Waals surface area contributed by atoms with Crippen LogP contribution in [0.25, 0.3) is 0 Å². The van der Waals surface area contributed by atoms with Crippen LogP contribution in [0.2, 0.25) is 0 Å². The fraction of sp³-hybridized carbons (Fsp3) is 0.357. The van der Waals surface area contributed by atoms with Gasteiger partial charge in [-0.05, 0) is 69.8 Å². The van der Waals surface area contributed by atoms with Gasteiger partial charge in [-0.1, -0.05) is 6.92 Å². The molecule has 0 amide bonds. The highest BCUT2D eigenvalue weighted by Crippen LogP contribution is 2.24. The van der Waals surface area contributed by atoms with Gasteiger partial charge < -0.3 is 5.32 Å². The molecule has 2 nitrogen and oxygen atoms in total. The molecular weight excluding hydrogens is 308 g/mol. The van der Waals surface area contributed by atoms with Crippen LogP contribution >= 0.6 is 27.3 Å². The van der Waals surface area contributed by atoms with Crippen molar-refractivity contribution in [3.05, 3.63) is 50.9 Å². The number of rotatable bonds is 6. The Bertz CT molecular complexity index is 470. The average Bonchev–Trinajstić information content (AvgIpc) is 2.88. The standard InChI is InChI=1S/C14H17BrN2S/c1-2-16-13(6-5-11-7-9-18-10-11)14-12(15)4-3-8-17-14/h3-4,7-10,13,16H,2,5-6H2,1H3. The first-order valence-electron chi connectivity index (χ1n) is 6.16. The van der Waals surface area contributed by atoms with Gasteiger partial charge in [0.2, 0.25) is 0 Å². The largest absolute Gasteiger partial charge is 0.309 e. The fourth-order valence-corrected chi connectivity index (χ4v) is 3.22. The lowest BCUT2D eigenvalue weighted by atomic mass is 10.0. The summed E-state index contributed by atoms with van der Waals surface area (Å²) < 4.78 is 1.08. The molecule has 0 aliphatic heterocycles. The summed E-state index contributed by atoms with van der Waals surface area (Å²) in [5.41, 5.74) is 2.52. The molecule has 0 aromatic carbocycles. The van der Waals surface area contributed by atoms with Crippen LogP contribution < -0.4 is 5.32 Å². The Morgan fingerprint density at radius 1 is 1.44 bits per heavy atom. The first-order chi connectivity index (χ1) is 8.81. The molecule has 2 rings (SSSR count). The molecule has 0 bridgehead atoms. The Balaban J connectivity index is 2.06. The smallest absolute Gasteiger partial charge is 0.0714 e. The van der Waals surface area contributed by atoms with E-state index in [0.29, 0.717) is 6.04 Å². The van der Waals surface area contributed by atoms with Crippen LogP contribution in [-0.4, -0.2) is 11.5 Å². The number of nitrogens with zero attached hydrogens (tertiary/aromatic N) is 1. The van der Waals surface area contributed by atoms with Crippen molar-refractivity contribution in [2.75, 3.05) is 6.54 Å². The lowest BCUT2D eigenvalue weighted by molar-refractivity contribution is 0.502. The van der Waals surface area contributed by atoms with Gasteiger partial charge >= 0.3 is 0 Å². The van der Waals surface area contributed by atoms with E-state index in [1.807, 2.05) is 12.3 Å². The van der Waals surface area contributed by atoms with Gasteiger partial charge in [0.25, 0.3) is 0 Å². The van der Waals surface area contributed by atoms with Gasteiger partial charge in [0, 0.05) is 10.7 Å². The molecule has 18 heavy (non-hydrogen) atoms. The molecule has 0 saturated heterocycles. The molecule has 0 aliphatic rings. The molecule has 0 radical (unpaired) electrons. The van der Waals surface area contributed by atoms with Crippen molar-refractivity contribution in [3.63, 3.8) is 0 Å². The van der Waals surface area contributed by atoms with Gasteiger partial charge in [0.15, 0.2) is 0 Å². The van der Waals surface area contributed by atoms with Crippen LogP contribution in [0.1, 0.15) is 30.6 Å². The second kappa shape index (κ2) is 7.02. The summed E-state index contributed by atoms with van der Waals surface area (Å²) in [6.45, 7) is 3.09. The number of aromatic nitrogens is 1. The van der Waals surface area contributed by atoms with Gasteiger partial charge in [-0.25, -0.2) is 0 Å². The zero-order chi connectivity index (χ0) is 12.8. The highest BCUT2D eigenvalue weighted by atomic mass is 79.9. The lowest BCUT2D eigenvalue weighted by Gasteiger charge is -2.18. The molecule has 4 heteroatoms. The van der Waals surface area contributed by atoms with Crippen molar-refractivity contribution >= 4 is 27.3 Å². The van der Waals surface area contributed by atoms with Crippen LogP contribution in [0.5, 0.6) is 0 Å². The summed E-state index contributed by atoms with van der Waals surface area (Å²) in [6, 6.07) is 6.51. The van der Waals surface area contributed by atoms with E-state index in [1.54, 1.807) is 11.3 Å². The van der Waals surface area contributed by atoms with Gasteiger partial charge in [-0.2, -0.15) is 11.3 Å². The Hall–Kier alpha value is -0.710. The summed E-state index contributed by atoms with van der Waals surface area (Å²) in [4.78, 5) is 4.49. The van der Waals surface area contributed by atoms with Crippen molar-refractivity contribution in [1.82, 2.24) is 10.3 Å². The Kier molecular flexibility index (Phi) is 5.35. The molecule has 2 aromatic rings. The number of halogens is 1. The van der Waals surface area contributed by atoms with Gasteiger partial charge in [-0.3, -0.25) is 4.98 Å². The van der Waals surface area contributed by atoms with Crippen molar-refractivity contribution in [2.45, 2.75) is 25.8 Å². The summed E-state index contributed by atoms with van der Waals surface area (Å²) in [5, 5.41) is 7.86. The predicted octanol–water partition coefficient (Wildman–Crippen LogP) is 4.19. The van der Waals surface area contributed by atoms with Crippen LogP contribution in [-0.2, 0) is 6.42 Å². The second-order valence-electron chi connectivity index (χ2n) is 4.15. The number of aryl methyl sites for hydroxylation is 1.